The van der Waals surface area contributed by atoms with Crippen LogP contribution in [0, 0.1) is 5.92 Å². The third-order valence-corrected chi connectivity index (χ3v) is 7.76. The molecular formula is C27H44OS. The minimum Gasteiger partial charge on any atom is -0.493 e. The van der Waals surface area contributed by atoms with Crippen LogP contribution in [0.1, 0.15) is 103 Å². The van der Waals surface area contributed by atoms with Gasteiger partial charge in [0.15, 0.2) is 0 Å². The molecule has 0 atom stereocenters. The molecule has 0 unspecified atom stereocenters. The Kier molecular flexibility index (Phi) is 13.4. The first-order chi connectivity index (χ1) is 14.3. The van der Waals surface area contributed by atoms with Gasteiger partial charge in [-0.05, 0) is 49.8 Å². The van der Waals surface area contributed by atoms with E-state index in [0.29, 0.717) is 5.92 Å². The molecule has 0 amide bonds. The van der Waals surface area contributed by atoms with Gasteiger partial charge in [0.05, 0.1) is 6.61 Å². The average Bonchev–Trinajstić information content (AvgIpc) is 2.72. The molecule has 0 radical (unpaired) electrons. The van der Waals surface area contributed by atoms with E-state index in [2.05, 4.69) is 25.3 Å². The standard InChI is InChI=1S/C27H44OS/c1-3-25(28-23-24-17-13-9-8-10-14-18-24)21-22-26(4-2)29-27-19-15-11-6-5-7-12-16-20-27/h3-4,21-22,24,27H,1-2,5-20,23H2/b25-21+,26-22+. The predicted octanol–water partition coefficient (Wildman–Crippen LogP) is 9.13. The molecule has 0 N–H and O–H groups in total. The molecule has 0 aliphatic heterocycles. The van der Waals surface area contributed by atoms with E-state index in [-0.39, 0.29) is 0 Å². The molecule has 2 heteroatoms. The Morgan fingerprint density at radius 2 is 1.21 bits per heavy atom. The summed E-state index contributed by atoms with van der Waals surface area (Å²) in [5, 5.41) is 0.730. The zero-order valence-electron chi connectivity index (χ0n) is 18.7. The summed E-state index contributed by atoms with van der Waals surface area (Å²) in [7, 11) is 0. The summed E-state index contributed by atoms with van der Waals surface area (Å²) in [5.41, 5.74) is 0. The van der Waals surface area contributed by atoms with Gasteiger partial charge in [-0.3, -0.25) is 0 Å². The molecule has 2 fully saturated rings. The molecule has 2 aliphatic rings. The smallest absolute Gasteiger partial charge is 0.118 e. The second-order valence-corrected chi connectivity index (χ2v) is 10.2. The van der Waals surface area contributed by atoms with Gasteiger partial charge in [0.2, 0.25) is 0 Å². The zero-order valence-corrected chi connectivity index (χ0v) is 19.5. The summed E-state index contributed by atoms with van der Waals surface area (Å²) in [6, 6.07) is 0. The van der Waals surface area contributed by atoms with Crippen LogP contribution in [0.15, 0.2) is 48.1 Å². The minimum atomic E-state index is 0.707. The third kappa shape index (κ3) is 11.2. The summed E-state index contributed by atoms with van der Waals surface area (Å²) in [5.74, 6) is 1.61. The maximum Gasteiger partial charge on any atom is 0.118 e. The number of ether oxygens (including phenoxy) is 1. The number of rotatable bonds is 8. The van der Waals surface area contributed by atoms with E-state index in [0.717, 1.165) is 17.6 Å². The summed E-state index contributed by atoms with van der Waals surface area (Å²) in [6.45, 7) is 8.86. The van der Waals surface area contributed by atoms with Crippen molar-refractivity contribution in [3.05, 3.63) is 48.1 Å². The second-order valence-electron chi connectivity index (χ2n) is 8.86. The van der Waals surface area contributed by atoms with E-state index in [9.17, 15) is 0 Å². The molecule has 2 rings (SSSR count). The predicted molar refractivity (Wildman–Crippen MR) is 131 cm³/mol. The lowest BCUT2D eigenvalue weighted by atomic mass is 9.92. The maximum atomic E-state index is 6.13. The highest BCUT2D eigenvalue weighted by atomic mass is 32.2. The first-order valence-electron chi connectivity index (χ1n) is 12.3. The van der Waals surface area contributed by atoms with Gasteiger partial charge in [-0.2, -0.15) is 0 Å². The Bertz CT molecular complexity index is 501. The van der Waals surface area contributed by atoms with Gasteiger partial charge in [-0.25, -0.2) is 0 Å². The highest BCUT2D eigenvalue weighted by molar-refractivity contribution is 8.03. The topological polar surface area (TPSA) is 9.23 Å². The van der Waals surface area contributed by atoms with Gasteiger partial charge in [0.25, 0.3) is 0 Å². The number of allylic oxidation sites excluding steroid dienone is 4. The van der Waals surface area contributed by atoms with Crippen LogP contribution in [0.5, 0.6) is 0 Å². The first kappa shape index (κ1) is 24.4. The molecule has 164 valence electrons. The van der Waals surface area contributed by atoms with E-state index < -0.39 is 0 Å². The van der Waals surface area contributed by atoms with Crippen LogP contribution in [0.4, 0.5) is 0 Å². The fourth-order valence-corrected chi connectivity index (χ4v) is 5.70. The zero-order chi connectivity index (χ0) is 20.6. The molecule has 2 saturated carbocycles. The van der Waals surface area contributed by atoms with Crippen molar-refractivity contribution in [1.29, 1.82) is 0 Å². The molecular weight excluding hydrogens is 372 g/mol. The van der Waals surface area contributed by atoms with Crippen LogP contribution in [-0.4, -0.2) is 11.9 Å². The monoisotopic (exact) mass is 416 g/mol. The lowest BCUT2D eigenvalue weighted by molar-refractivity contribution is 0.156. The largest absolute Gasteiger partial charge is 0.493 e. The van der Waals surface area contributed by atoms with Gasteiger partial charge in [0, 0.05) is 10.2 Å². The van der Waals surface area contributed by atoms with Crippen LogP contribution >= 0.6 is 11.8 Å². The van der Waals surface area contributed by atoms with E-state index >= 15 is 0 Å². The molecule has 2 aliphatic carbocycles. The molecule has 0 aromatic carbocycles. The van der Waals surface area contributed by atoms with Gasteiger partial charge < -0.3 is 4.74 Å². The summed E-state index contributed by atoms with van der Waals surface area (Å²) in [4.78, 5) is 1.26. The van der Waals surface area contributed by atoms with Gasteiger partial charge in [-0.15, -0.1) is 11.8 Å². The van der Waals surface area contributed by atoms with Crippen molar-refractivity contribution in [2.75, 3.05) is 6.61 Å². The van der Waals surface area contributed by atoms with E-state index in [1.54, 1.807) is 0 Å². The van der Waals surface area contributed by atoms with Gasteiger partial charge >= 0.3 is 0 Å². The van der Waals surface area contributed by atoms with Crippen molar-refractivity contribution < 1.29 is 4.74 Å². The molecule has 0 aromatic heterocycles. The summed E-state index contributed by atoms with van der Waals surface area (Å²) >= 11 is 2.02. The van der Waals surface area contributed by atoms with Crippen molar-refractivity contribution in [2.45, 2.75) is 108 Å². The number of hydrogen-bond donors (Lipinski definition) is 0. The van der Waals surface area contributed by atoms with Crippen LogP contribution in [-0.2, 0) is 4.74 Å². The minimum absolute atomic E-state index is 0.707. The molecule has 0 spiro atoms. The molecule has 1 nitrogen and oxygen atoms in total. The van der Waals surface area contributed by atoms with Crippen molar-refractivity contribution >= 4 is 11.8 Å². The normalized spacial score (nSPS) is 22.3. The summed E-state index contributed by atoms with van der Waals surface area (Å²) in [6.07, 6.45) is 30.2. The summed E-state index contributed by atoms with van der Waals surface area (Å²) < 4.78 is 6.13. The molecule has 0 bridgehead atoms. The average molecular weight is 417 g/mol. The van der Waals surface area contributed by atoms with Crippen molar-refractivity contribution in [2.24, 2.45) is 5.92 Å². The van der Waals surface area contributed by atoms with Crippen molar-refractivity contribution in [3.8, 4) is 0 Å². The Labute approximate surface area is 185 Å². The first-order valence-corrected chi connectivity index (χ1v) is 13.2. The highest BCUT2D eigenvalue weighted by Crippen LogP contribution is 2.32. The third-order valence-electron chi connectivity index (χ3n) is 6.38. The Balaban J connectivity index is 1.85. The van der Waals surface area contributed by atoms with Crippen molar-refractivity contribution in [3.63, 3.8) is 0 Å². The second kappa shape index (κ2) is 15.9. The highest BCUT2D eigenvalue weighted by Gasteiger charge is 2.13. The fraction of sp³-hybridized carbons (Fsp3) is 0.704. The van der Waals surface area contributed by atoms with Gasteiger partial charge in [-0.1, -0.05) is 96.3 Å². The Morgan fingerprint density at radius 1 is 0.690 bits per heavy atom. The molecule has 0 heterocycles. The van der Waals surface area contributed by atoms with Crippen LogP contribution in [0.3, 0.4) is 0 Å². The molecule has 0 aromatic rings. The Morgan fingerprint density at radius 3 is 1.72 bits per heavy atom. The number of hydrogen-bond acceptors (Lipinski definition) is 2. The lowest BCUT2D eigenvalue weighted by Gasteiger charge is -2.20. The SMILES string of the molecule is C=C/C(=C\C=C(/C=C)SC1CCCCCCCCC1)OCC1CCCCCCC1. The van der Waals surface area contributed by atoms with E-state index in [1.165, 1.54) is 108 Å². The van der Waals surface area contributed by atoms with E-state index in [1.807, 2.05) is 23.9 Å². The Hall–Kier alpha value is -0.890. The van der Waals surface area contributed by atoms with Gasteiger partial charge in [0.1, 0.15) is 5.76 Å². The lowest BCUT2D eigenvalue weighted by Crippen LogP contribution is -2.11. The molecule has 29 heavy (non-hydrogen) atoms. The number of thioether (sulfide) groups is 1. The van der Waals surface area contributed by atoms with E-state index in [4.69, 9.17) is 4.74 Å². The van der Waals surface area contributed by atoms with Crippen LogP contribution in [0.25, 0.3) is 0 Å². The molecule has 0 saturated heterocycles. The van der Waals surface area contributed by atoms with Crippen LogP contribution in [0.2, 0.25) is 0 Å². The quantitative estimate of drug-likeness (QED) is 0.288. The maximum absolute atomic E-state index is 6.13. The van der Waals surface area contributed by atoms with Crippen molar-refractivity contribution in [1.82, 2.24) is 0 Å². The fourth-order valence-electron chi connectivity index (χ4n) is 4.50. The van der Waals surface area contributed by atoms with Crippen LogP contribution < -0.4 is 0 Å².